The van der Waals surface area contributed by atoms with E-state index in [1.165, 1.54) is 0 Å². The second-order valence-electron chi connectivity index (χ2n) is 5.21. The Morgan fingerprint density at radius 1 is 1.56 bits per heavy atom. The van der Waals surface area contributed by atoms with Crippen LogP contribution in [0.4, 0.5) is 0 Å². The number of nitrogens with one attached hydrogen (secondary N) is 1. The van der Waals surface area contributed by atoms with Gasteiger partial charge < -0.3 is 9.15 Å². The van der Waals surface area contributed by atoms with E-state index < -0.39 is 11.6 Å². The molecule has 0 saturated carbocycles. The molecular weight excluding hydrogens is 236 g/mol. The van der Waals surface area contributed by atoms with Crippen LogP contribution in [0.25, 0.3) is 0 Å². The third-order valence-corrected chi connectivity index (χ3v) is 2.49. The highest BCUT2D eigenvalue weighted by atomic mass is 16.6. The molecule has 1 N–H and O–H groups in total. The van der Waals surface area contributed by atoms with E-state index in [2.05, 4.69) is 10.3 Å². The normalized spacial score (nSPS) is 19.2. The first-order chi connectivity index (χ1) is 8.39. The zero-order valence-electron chi connectivity index (χ0n) is 10.6. The lowest BCUT2D eigenvalue weighted by Crippen LogP contribution is -2.44. The van der Waals surface area contributed by atoms with Crippen LogP contribution in [0.3, 0.4) is 0 Å². The first kappa shape index (κ1) is 12.8. The SMILES string of the molecule is CC(C)(C)OC(=O)C1Cc2nc(C=O)oc2CN1. The third-order valence-electron chi connectivity index (χ3n) is 2.49. The predicted octanol–water partition coefficient (Wildman–Crippen LogP) is 0.843. The molecule has 18 heavy (non-hydrogen) atoms. The second kappa shape index (κ2) is 4.53. The zero-order chi connectivity index (χ0) is 13.3. The van der Waals surface area contributed by atoms with E-state index in [0.717, 1.165) is 0 Å². The summed E-state index contributed by atoms with van der Waals surface area (Å²) in [5.41, 5.74) is 0.128. The van der Waals surface area contributed by atoms with Gasteiger partial charge in [0.05, 0.1) is 12.2 Å². The molecule has 0 radical (unpaired) electrons. The average molecular weight is 252 g/mol. The monoisotopic (exact) mass is 252 g/mol. The highest BCUT2D eigenvalue weighted by molar-refractivity contribution is 5.77. The van der Waals surface area contributed by atoms with Crippen LogP contribution in [0.1, 0.15) is 42.9 Å². The maximum atomic E-state index is 11.9. The van der Waals surface area contributed by atoms with E-state index in [9.17, 15) is 9.59 Å². The summed E-state index contributed by atoms with van der Waals surface area (Å²) in [6.07, 6.45) is 0.933. The first-order valence-electron chi connectivity index (χ1n) is 5.79. The van der Waals surface area contributed by atoms with Gasteiger partial charge in [-0.05, 0) is 20.8 Å². The Morgan fingerprint density at radius 2 is 2.28 bits per heavy atom. The molecule has 1 aliphatic heterocycles. The van der Waals surface area contributed by atoms with Crippen molar-refractivity contribution in [1.29, 1.82) is 0 Å². The number of aldehydes is 1. The molecule has 1 aliphatic rings. The van der Waals surface area contributed by atoms with Crippen LogP contribution in [0.5, 0.6) is 0 Å². The van der Waals surface area contributed by atoms with Crippen molar-refractivity contribution in [2.45, 2.75) is 45.4 Å². The summed E-state index contributed by atoms with van der Waals surface area (Å²) >= 11 is 0. The molecule has 1 aromatic rings. The van der Waals surface area contributed by atoms with Crippen molar-refractivity contribution < 1.29 is 18.7 Å². The lowest BCUT2D eigenvalue weighted by atomic mass is 10.1. The van der Waals surface area contributed by atoms with Crippen molar-refractivity contribution in [2.24, 2.45) is 0 Å². The largest absolute Gasteiger partial charge is 0.459 e. The summed E-state index contributed by atoms with van der Waals surface area (Å²) in [5.74, 6) is 0.340. The van der Waals surface area contributed by atoms with Crippen molar-refractivity contribution in [1.82, 2.24) is 10.3 Å². The van der Waals surface area contributed by atoms with Gasteiger partial charge in [0.15, 0.2) is 0 Å². The molecule has 0 amide bonds. The van der Waals surface area contributed by atoms with Crippen molar-refractivity contribution in [2.75, 3.05) is 0 Å². The van der Waals surface area contributed by atoms with Crippen LogP contribution in [-0.2, 0) is 22.5 Å². The fourth-order valence-electron chi connectivity index (χ4n) is 1.77. The standard InChI is InChI=1S/C12H16N2O4/c1-12(2,3)18-11(16)8-4-7-9(5-13-8)17-10(6-15)14-7/h6,8,13H,4-5H2,1-3H3. The van der Waals surface area contributed by atoms with E-state index in [1.807, 2.05) is 20.8 Å². The van der Waals surface area contributed by atoms with Crippen LogP contribution in [-0.4, -0.2) is 28.9 Å². The highest BCUT2D eigenvalue weighted by Gasteiger charge is 2.31. The third kappa shape index (κ3) is 2.76. The van der Waals surface area contributed by atoms with Crippen LogP contribution in [0.2, 0.25) is 0 Å². The van der Waals surface area contributed by atoms with E-state index in [0.29, 0.717) is 30.7 Å². The molecule has 6 heteroatoms. The fraction of sp³-hybridized carbons (Fsp3) is 0.583. The number of aromatic nitrogens is 1. The number of oxazole rings is 1. The number of ether oxygens (including phenoxy) is 1. The predicted molar refractivity (Wildman–Crippen MR) is 62.1 cm³/mol. The molecule has 2 heterocycles. The minimum Gasteiger partial charge on any atom is -0.459 e. The van der Waals surface area contributed by atoms with Gasteiger partial charge in [-0.15, -0.1) is 0 Å². The Balaban J connectivity index is 2.07. The number of hydrogen-bond acceptors (Lipinski definition) is 6. The molecule has 0 saturated heterocycles. The van der Waals surface area contributed by atoms with Crippen molar-refractivity contribution >= 4 is 12.3 Å². The minimum atomic E-state index is -0.517. The average Bonchev–Trinajstić information content (AvgIpc) is 2.68. The summed E-state index contributed by atoms with van der Waals surface area (Å²) in [6.45, 7) is 5.83. The quantitative estimate of drug-likeness (QED) is 0.620. The van der Waals surface area contributed by atoms with Gasteiger partial charge in [0.2, 0.25) is 6.29 Å². The van der Waals surface area contributed by atoms with Gasteiger partial charge in [0, 0.05) is 6.42 Å². The number of hydrogen-bond donors (Lipinski definition) is 1. The van der Waals surface area contributed by atoms with Gasteiger partial charge in [-0.25, -0.2) is 4.98 Å². The molecule has 0 spiro atoms. The molecule has 1 aromatic heterocycles. The molecule has 1 unspecified atom stereocenters. The van der Waals surface area contributed by atoms with Crippen LogP contribution < -0.4 is 5.32 Å². The Labute approximate surface area is 105 Å². The fourth-order valence-corrected chi connectivity index (χ4v) is 1.77. The van der Waals surface area contributed by atoms with Gasteiger partial charge in [-0.1, -0.05) is 0 Å². The van der Waals surface area contributed by atoms with Gasteiger partial charge >= 0.3 is 5.97 Å². The maximum Gasteiger partial charge on any atom is 0.324 e. The number of esters is 1. The minimum absolute atomic E-state index is 0.0478. The lowest BCUT2D eigenvalue weighted by Gasteiger charge is -2.26. The Kier molecular flexibility index (Phi) is 3.21. The number of rotatable bonds is 2. The van der Waals surface area contributed by atoms with Crippen LogP contribution in [0, 0.1) is 0 Å². The smallest absolute Gasteiger partial charge is 0.324 e. The van der Waals surface area contributed by atoms with Gasteiger partial charge in [0.25, 0.3) is 5.89 Å². The molecule has 0 bridgehead atoms. The molecular formula is C12H16N2O4. The van der Waals surface area contributed by atoms with Gasteiger partial charge in [-0.2, -0.15) is 0 Å². The Bertz CT molecular complexity index is 473. The zero-order valence-corrected chi connectivity index (χ0v) is 10.6. The second-order valence-corrected chi connectivity index (χ2v) is 5.21. The van der Waals surface area contributed by atoms with Crippen molar-refractivity contribution in [3.8, 4) is 0 Å². The number of carbonyl (C=O) groups is 2. The molecule has 2 rings (SSSR count). The van der Waals surface area contributed by atoms with Gasteiger partial charge in [-0.3, -0.25) is 14.9 Å². The molecule has 0 fully saturated rings. The van der Waals surface area contributed by atoms with Crippen molar-refractivity contribution in [3.05, 3.63) is 17.3 Å². The van der Waals surface area contributed by atoms with E-state index in [-0.39, 0.29) is 11.9 Å². The van der Waals surface area contributed by atoms with E-state index in [1.54, 1.807) is 0 Å². The molecule has 0 aromatic carbocycles. The highest BCUT2D eigenvalue weighted by Crippen LogP contribution is 2.19. The lowest BCUT2D eigenvalue weighted by molar-refractivity contribution is -0.157. The Hall–Kier alpha value is -1.69. The van der Waals surface area contributed by atoms with E-state index in [4.69, 9.17) is 9.15 Å². The first-order valence-corrected chi connectivity index (χ1v) is 5.79. The van der Waals surface area contributed by atoms with Crippen LogP contribution >= 0.6 is 0 Å². The molecule has 1 atom stereocenters. The molecule has 0 aliphatic carbocycles. The summed E-state index contributed by atoms with van der Waals surface area (Å²) in [4.78, 5) is 26.5. The number of nitrogens with zero attached hydrogens (tertiary/aromatic N) is 1. The topological polar surface area (TPSA) is 81.4 Å². The summed E-state index contributed by atoms with van der Waals surface area (Å²) in [5, 5.41) is 3.01. The van der Waals surface area contributed by atoms with Gasteiger partial charge in [0.1, 0.15) is 17.4 Å². The van der Waals surface area contributed by atoms with Crippen LogP contribution in [0.15, 0.2) is 4.42 Å². The summed E-state index contributed by atoms with van der Waals surface area (Å²) in [7, 11) is 0. The maximum absolute atomic E-state index is 11.9. The number of fused-ring (bicyclic) bond motifs is 1. The summed E-state index contributed by atoms with van der Waals surface area (Å²) < 4.78 is 10.5. The molecule has 98 valence electrons. The number of carbonyl (C=O) groups excluding carboxylic acids is 2. The Morgan fingerprint density at radius 3 is 2.89 bits per heavy atom. The van der Waals surface area contributed by atoms with Crippen molar-refractivity contribution in [3.63, 3.8) is 0 Å². The van der Waals surface area contributed by atoms with E-state index >= 15 is 0 Å². The summed E-state index contributed by atoms with van der Waals surface area (Å²) in [6, 6.07) is -0.443. The molecule has 6 nitrogen and oxygen atoms in total.